The molecule has 0 atom stereocenters. The van der Waals surface area contributed by atoms with Crippen LogP contribution in [0.3, 0.4) is 0 Å². The molecule has 0 spiro atoms. The molecular formula is C7H15Br. The highest BCUT2D eigenvalue weighted by Gasteiger charge is 1.91. The van der Waals surface area contributed by atoms with E-state index in [0.717, 1.165) is 5.92 Å². The summed E-state index contributed by atoms with van der Waals surface area (Å²) in [7, 11) is 0. The van der Waals surface area contributed by atoms with Crippen LogP contribution in [0, 0.1) is 5.92 Å². The SMILES string of the molecule is CC(C)CCCCBr. The van der Waals surface area contributed by atoms with Gasteiger partial charge in [0.15, 0.2) is 0 Å². The number of unbranched alkanes of at least 4 members (excludes halogenated alkanes) is 1. The van der Waals surface area contributed by atoms with Gasteiger partial charge in [-0.3, -0.25) is 0 Å². The lowest BCUT2D eigenvalue weighted by Gasteiger charge is -2.00. The minimum atomic E-state index is 0.883. The van der Waals surface area contributed by atoms with E-state index in [4.69, 9.17) is 0 Å². The standard InChI is InChI=1S/C7H15Br/c1-7(2)5-3-4-6-8/h7H,3-6H2,1-2H3. The molecule has 0 rings (SSSR count). The molecule has 0 amide bonds. The average Bonchev–Trinajstić information content (AvgIpc) is 1.66. The molecule has 0 fully saturated rings. The Labute approximate surface area is 60.8 Å². The van der Waals surface area contributed by atoms with E-state index in [1.54, 1.807) is 0 Å². The van der Waals surface area contributed by atoms with Crippen LogP contribution >= 0.6 is 15.9 Å². The summed E-state index contributed by atoms with van der Waals surface area (Å²) < 4.78 is 0. The number of halogens is 1. The van der Waals surface area contributed by atoms with Gasteiger partial charge in [0.2, 0.25) is 0 Å². The van der Waals surface area contributed by atoms with Crippen molar-refractivity contribution in [1.82, 2.24) is 0 Å². The maximum Gasteiger partial charge on any atom is 0.00313 e. The van der Waals surface area contributed by atoms with Crippen LogP contribution in [0.1, 0.15) is 33.1 Å². The average molecular weight is 179 g/mol. The fourth-order valence-corrected chi connectivity index (χ4v) is 1.04. The minimum Gasteiger partial charge on any atom is -0.0928 e. The van der Waals surface area contributed by atoms with E-state index in [2.05, 4.69) is 29.8 Å². The highest BCUT2D eigenvalue weighted by Crippen LogP contribution is 2.06. The van der Waals surface area contributed by atoms with Gasteiger partial charge in [-0.05, 0) is 12.3 Å². The van der Waals surface area contributed by atoms with Crippen LogP contribution in [0.25, 0.3) is 0 Å². The summed E-state index contributed by atoms with van der Waals surface area (Å²) in [5, 5.41) is 1.17. The van der Waals surface area contributed by atoms with Gasteiger partial charge in [0.25, 0.3) is 0 Å². The Kier molecular flexibility index (Phi) is 5.95. The molecule has 0 radical (unpaired) electrons. The molecule has 50 valence electrons. The number of hydrogen-bond donors (Lipinski definition) is 0. The molecule has 0 aliphatic rings. The molecule has 0 aromatic carbocycles. The fraction of sp³-hybridized carbons (Fsp3) is 1.00. The first-order valence-electron chi connectivity index (χ1n) is 3.33. The van der Waals surface area contributed by atoms with Crippen LogP contribution < -0.4 is 0 Å². The second-order valence-corrected chi connectivity index (χ2v) is 3.37. The van der Waals surface area contributed by atoms with Gasteiger partial charge in [0, 0.05) is 5.33 Å². The predicted molar refractivity (Wildman–Crippen MR) is 42.5 cm³/mol. The molecule has 0 N–H and O–H groups in total. The molecule has 0 nitrogen and oxygen atoms in total. The second kappa shape index (κ2) is 5.61. The normalized spacial score (nSPS) is 10.5. The largest absolute Gasteiger partial charge is 0.0928 e. The first-order valence-corrected chi connectivity index (χ1v) is 4.45. The second-order valence-electron chi connectivity index (χ2n) is 2.58. The van der Waals surface area contributed by atoms with E-state index in [1.807, 2.05) is 0 Å². The Morgan fingerprint density at radius 3 is 2.25 bits per heavy atom. The summed E-state index contributed by atoms with van der Waals surface area (Å²) in [4.78, 5) is 0. The summed E-state index contributed by atoms with van der Waals surface area (Å²) in [5.41, 5.74) is 0. The van der Waals surface area contributed by atoms with Crippen LogP contribution in [0.2, 0.25) is 0 Å². The molecule has 0 saturated carbocycles. The summed E-state index contributed by atoms with van der Waals surface area (Å²) in [6, 6.07) is 0. The predicted octanol–water partition coefficient (Wildman–Crippen LogP) is 3.21. The van der Waals surface area contributed by atoms with Crippen molar-refractivity contribution in [2.24, 2.45) is 5.92 Å². The van der Waals surface area contributed by atoms with Crippen LogP contribution in [0.4, 0.5) is 0 Å². The molecule has 8 heavy (non-hydrogen) atoms. The zero-order valence-corrected chi connectivity index (χ0v) is 7.37. The summed E-state index contributed by atoms with van der Waals surface area (Å²) in [6.45, 7) is 4.54. The van der Waals surface area contributed by atoms with Crippen molar-refractivity contribution < 1.29 is 0 Å². The molecule has 0 bridgehead atoms. The van der Waals surface area contributed by atoms with Crippen molar-refractivity contribution in [2.75, 3.05) is 5.33 Å². The van der Waals surface area contributed by atoms with Gasteiger partial charge in [-0.15, -0.1) is 0 Å². The number of alkyl halides is 1. The van der Waals surface area contributed by atoms with Gasteiger partial charge in [-0.2, -0.15) is 0 Å². The van der Waals surface area contributed by atoms with Crippen molar-refractivity contribution in [3.05, 3.63) is 0 Å². The fourth-order valence-electron chi connectivity index (χ4n) is 0.647. The van der Waals surface area contributed by atoms with Crippen LogP contribution in [0.5, 0.6) is 0 Å². The maximum atomic E-state index is 3.40. The van der Waals surface area contributed by atoms with Crippen LogP contribution in [-0.4, -0.2) is 5.33 Å². The Bertz CT molecular complexity index is 41.7. The Morgan fingerprint density at radius 2 is 1.88 bits per heavy atom. The molecule has 0 heterocycles. The zero-order valence-electron chi connectivity index (χ0n) is 5.78. The van der Waals surface area contributed by atoms with E-state index in [-0.39, 0.29) is 0 Å². The van der Waals surface area contributed by atoms with Gasteiger partial charge in [0.1, 0.15) is 0 Å². The summed E-state index contributed by atoms with van der Waals surface area (Å²) in [6.07, 6.45) is 4.09. The molecule has 0 saturated heterocycles. The lowest BCUT2D eigenvalue weighted by molar-refractivity contribution is 0.552. The molecule has 1 heteroatoms. The van der Waals surface area contributed by atoms with E-state index < -0.39 is 0 Å². The molecule has 0 unspecified atom stereocenters. The Balaban J connectivity index is 2.72. The van der Waals surface area contributed by atoms with Gasteiger partial charge >= 0.3 is 0 Å². The maximum absolute atomic E-state index is 3.40. The molecule has 0 aliphatic carbocycles. The molecule has 0 aliphatic heterocycles. The third-order valence-electron chi connectivity index (χ3n) is 1.17. The Hall–Kier alpha value is 0.480. The minimum absolute atomic E-state index is 0.883. The van der Waals surface area contributed by atoms with Gasteiger partial charge in [0.05, 0.1) is 0 Å². The van der Waals surface area contributed by atoms with Crippen molar-refractivity contribution in [1.29, 1.82) is 0 Å². The quantitative estimate of drug-likeness (QED) is 0.459. The molecular weight excluding hydrogens is 164 g/mol. The van der Waals surface area contributed by atoms with Gasteiger partial charge in [-0.25, -0.2) is 0 Å². The summed E-state index contributed by atoms with van der Waals surface area (Å²) in [5.74, 6) is 0.883. The van der Waals surface area contributed by atoms with Crippen molar-refractivity contribution in [2.45, 2.75) is 33.1 Å². The topological polar surface area (TPSA) is 0 Å². The third-order valence-corrected chi connectivity index (χ3v) is 1.73. The van der Waals surface area contributed by atoms with E-state index in [0.29, 0.717) is 0 Å². The zero-order chi connectivity index (χ0) is 6.41. The van der Waals surface area contributed by atoms with Crippen molar-refractivity contribution in [3.8, 4) is 0 Å². The van der Waals surface area contributed by atoms with Crippen LogP contribution in [-0.2, 0) is 0 Å². The highest BCUT2D eigenvalue weighted by atomic mass is 79.9. The number of rotatable bonds is 4. The number of hydrogen-bond acceptors (Lipinski definition) is 0. The third kappa shape index (κ3) is 6.48. The lowest BCUT2D eigenvalue weighted by atomic mass is 10.1. The first-order chi connectivity index (χ1) is 3.77. The highest BCUT2D eigenvalue weighted by molar-refractivity contribution is 9.09. The van der Waals surface area contributed by atoms with E-state index in [9.17, 15) is 0 Å². The Morgan fingerprint density at radius 1 is 1.25 bits per heavy atom. The molecule has 0 aromatic rings. The van der Waals surface area contributed by atoms with Crippen LogP contribution in [0.15, 0.2) is 0 Å². The summed E-state index contributed by atoms with van der Waals surface area (Å²) >= 11 is 3.40. The van der Waals surface area contributed by atoms with Crippen molar-refractivity contribution >= 4 is 15.9 Å². The monoisotopic (exact) mass is 178 g/mol. The smallest absolute Gasteiger partial charge is 0.00313 e. The lowest BCUT2D eigenvalue weighted by Crippen LogP contribution is -1.86. The molecule has 0 aromatic heterocycles. The van der Waals surface area contributed by atoms with E-state index in [1.165, 1.54) is 24.6 Å². The first kappa shape index (κ1) is 8.48. The van der Waals surface area contributed by atoms with Crippen molar-refractivity contribution in [3.63, 3.8) is 0 Å². The van der Waals surface area contributed by atoms with Gasteiger partial charge < -0.3 is 0 Å². The van der Waals surface area contributed by atoms with E-state index >= 15 is 0 Å². The van der Waals surface area contributed by atoms with Gasteiger partial charge in [-0.1, -0.05) is 42.6 Å².